The quantitative estimate of drug-likeness (QED) is 0.0710. The Labute approximate surface area is 216 Å². The summed E-state index contributed by atoms with van der Waals surface area (Å²) in [5, 5.41) is 35.7. The first kappa shape index (κ1) is 31.7. The molecular formula is C20H40N3O11PS. The van der Waals surface area contributed by atoms with Crippen molar-refractivity contribution in [1.82, 2.24) is 10.6 Å². The minimum absolute atomic E-state index is 0.216. The number of aliphatic hydroxyl groups is 3. The monoisotopic (exact) mass is 561 g/mol. The molecule has 0 amide bonds. The number of aliphatic hydroxyl groups excluding tert-OH is 3. The number of nitrogens with two attached hydrogens (primary N) is 1. The lowest BCUT2D eigenvalue weighted by Gasteiger charge is -2.40. The second-order valence-corrected chi connectivity index (χ2v) is 10.7. The second kappa shape index (κ2) is 15.2. The molecule has 1 aliphatic carbocycles. The third kappa shape index (κ3) is 8.76. The lowest BCUT2D eigenvalue weighted by molar-refractivity contribution is -0.265. The number of methoxy groups -OCH3 is 2. The topological polar surface area (TPSA) is 203 Å². The van der Waals surface area contributed by atoms with Gasteiger partial charge in [-0.3, -0.25) is 9.05 Å². The highest BCUT2D eigenvalue weighted by Gasteiger charge is 2.48. The highest BCUT2D eigenvalue weighted by Crippen LogP contribution is 2.48. The normalized spacial score (nSPS) is 36.4. The third-order valence-electron chi connectivity index (χ3n) is 6.26. The Balaban J connectivity index is 1.74. The number of nitrogens with one attached hydrogen (secondary N) is 2. The molecule has 0 bridgehead atoms. The molecule has 1 saturated heterocycles. The Morgan fingerprint density at radius 1 is 1.19 bits per heavy atom. The van der Waals surface area contributed by atoms with E-state index in [9.17, 15) is 24.8 Å². The molecule has 0 aromatic carbocycles. The van der Waals surface area contributed by atoms with E-state index in [2.05, 4.69) is 15.2 Å². The van der Waals surface area contributed by atoms with E-state index in [1.165, 1.54) is 14.2 Å². The van der Waals surface area contributed by atoms with E-state index in [0.717, 1.165) is 7.11 Å². The number of hydrogen-bond donors (Lipinski definition) is 7. The van der Waals surface area contributed by atoms with Crippen LogP contribution >= 0.6 is 20.0 Å². The largest absolute Gasteiger partial charge is 0.472 e. The minimum Gasteiger partial charge on any atom is -0.394 e. The number of phosphoric acid groups is 1. The number of rotatable bonds is 14. The van der Waals surface area contributed by atoms with Crippen molar-refractivity contribution in [3.8, 4) is 0 Å². The molecule has 8 N–H and O–H groups in total. The Morgan fingerprint density at radius 3 is 2.53 bits per heavy atom. The molecular weight excluding hydrogens is 521 g/mol. The van der Waals surface area contributed by atoms with Gasteiger partial charge in [0.1, 0.15) is 30.5 Å². The Bertz CT molecular complexity index is 724. The maximum absolute atomic E-state index is 12.0. The summed E-state index contributed by atoms with van der Waals surface area (Å²) in [6.07, 6.45) is -3.88. The smallest absolute Gasteiger partial charge is 0.394 e. The van der Waals surface area contributed by atoms with Crippen molar-refractivity contribution in [3.05, 3.63) is 0 Å². The zero-order valence-corrected chi connectivity index (χ0v) is 22.4. The van der Waals surface area contributed by atoms with E-state index in [-0.39, 0.29) is 18.6 Å². The summed E-state index contributed by atoms with van der Waals surface area (Å²) in [7, 11) is -0.109. The molecule has 3 unspecified atom stereocenters. The van der Waals surface area contributed by atoms with Crippen LogP contribution in [-0.2, 0) is 32.6 Å². The molecule has 0 aromatic rings. The van der Waals surface area contributed by atoms with Gasteiger partial charge in [0, 0.05) is 40.4 Å². The first-order chi connectivity index (χ1) is 17.1. The molecule has 1 aliphatic heterocycles. The van der Waals surface area contributed by atoms with Crippen molar-refractivity contribution < 1.29 is 52.8 Å². The molecule has 0 spiro atoms. The van der Waals surface area contributed by atoms with Crippen molar-refractivity contribution in [2.75, 3.05) is 47.7 Å². The zero-order valence-electron chi connectivity index (χ0n) is 20.7. The van der Waals surface area contributed by atoms with E-state index >= 15 is 0 Å². The summed E-state index contributed by atoms with van der Waals surface area (Å²) in [5.41, 5.74) is 5.85. The van der Waals surface area contributed by atoms with E-state index < -0.39 is 57.3 Å². The molecule has 10 atom stereocenters. The standard InChI is InChI=1S/C20H40N3O11PS/c1-29-10-11-8-12(18(30-2)17(11)34-35(27,28)31-3)23-20(36)22-6-4-5-7-32-19-14(21)16(26)15(25)13(9-24)33-19/h11-19,24-26H,4-10,21H2,1-3H3,(H,27,28)(H2,22,23,36)/t11-,12+,13-,14-,15+,16-,17?,18?,19-/m1/s1. The van der Waals surface area contributed by atoms with Gasteiger partial charge in [-0.25, -0.2) is 4.57 Å². The Morgan fingerprint density at radius 2 is 1.92 bits per heavy atom. The predicted octanol–water partition coefficient (Wildman–Crippen LogP) is -1.80. The van der Waals surface area contributed by atoms with Gasteiger partial charge in [0.2, 0.25) is 0 Å². The molecule has 0 aromatic heterocycles. The van der Waals surface area contributed by atoms with E-state index in [1.54, 1.807) is 0 Å². The van der Waals surface area contributed by atoms with E-state index in [4.69, 9.17) is 41.4 Å². The highest BCUT2D eigenvalue weighted by atomic mass is 32.1. The van der Waals surface area contributed by atoms with Crippen molar-refractivity contribution in [2.45, 2.75) is 68.2 Å². The number of thiocarbonyl (C=S) groups is 1. The number of unbranched alkanes of at least 4 members (excludes halogenated alkanes) is 1. The molecule has 2 aliphatic rings. The SMILES string of the molecule is COC[C@H]1C[C@H](NC(=S)NCCCCO[C@@H]2O[C@H](CO)[C@H](O)[C@H](O)[C@H]2N)C(OC)C1OP(=O)(O)OC. The predicted molar refractivity (Wildman–Crippen MR) is 131 cm³/mol. The van der Waals surface area contributed by atoms with Gasteiger partial charge in [0.05, 0.1) is 25.3 Å². The number of ether oxygens (including phenoxy) is 4. The Hall–Kier alpha value is -0.520. The maximum Gasteiger partial charge on any atom is 0.472 e. The van der Waals surface area contributed by atoms with Gasteiger partial charge in [-0.15, -0.1) is 0 Å². The van der Waals surface area contributed by atoms with Crippen LogP contribution in [0.4, 0.5) is 0 Å². The van der Waals surface area contributed by atoms with Gasteiger partial charge in [0.25, 0.3) is 0 Å². The fraction of sp³-hybridized carbons (Fsp3) is 0.950. The van der Waals surface area contributed by atoms with E-state index in [0.29, 0.717) is 37.5 Å². The fourth-order valence-electron chi connectivity index (χ4n) is 4.35. The Kier molecular flexibility index (Phi) is 13.4. The number of hydrogen-bond acceptors (Lipinski definition) is 12. The summed E-state index contributed by atoms with van der Waals surface area (Å²) in [5.74, 6) is -0.216. The van der Waals surface area contributed by atoms with Crippen molar-refractivity contribution >= 4 is 25.2 Å². The molecule has 16 heteroatoms. The fourth-order valence-corrected chi connectivity index (χ4v) is 5.29. The lowest BCUT2D eigenvalue weighted by atomic mass is 9.98. The van der Waals surface area contributed by atoms with Crippen LogP contribution in [0.1, 0.15) is 19.3 Å². The second-order valence-electron chi connectivity index (χ2n) is 8.74. The number of phosphoric ester groups is 1. The van der Waals surface area contributed by atoms with Crippen LogP contribution in [0.3, 0.4) is 0 Å². The summed E-state index contributed by atoms with van der Waals surface area (Å²) in [6.45, 7) is 0.660. The summed E-state index contributed by atoms with van der Waals surface area (Å²) < 4.78 is 43.7. The molecule has 212 valence electrons. The maximum atomic E-state index is 12.0. The average molecular weight is 562 g/mol. The van der Waals surface area contributed by atoms with Crippen LogP contribution < -0.4 is 16.4 Å². The summed E-state index contributed by atoms with van der Waals surface area (Å²) >= 11 is 5.39. The van der Waals surface area contributed by atoms with Crippen LogP contribution in [-0.4, -0.2) is 122 Å². The third-order valence-corrected chi connectivity index (χ3v) is 7.50. The van der Waals surface area contributed by atoms with Gasteiger partial charge in [-0.2, -0.15) is 0 Å². The average Bonchev–Trinajstić information content (AvgIpc) is 3.15. The molecule has 2 rings (SSSR count). The minimum atomic E-state index is -4.23. The molecule has 0 radical (unpaired) electrons. The van der Waals surface area contributed by atoms with Gasteiger partial charge in [-0.1, -0.05) is 0 Å². The summed E-state index contributed by atoms with van der Waals surface area (Å²) in [4.78, 5) is 9.78. The van der Waals surface area contributed by atoms with Crippen molar-refractivity contribution in [2.24, 2.45) is 11.7 Å². The van der Waals surface area contributed by atoms with Gasteiger partial charge in [-0.05, 0) is 31.5 Å². The first-order valence-electron chi connectivity index (χ1n) is 11.7. The van der Waals surface area contributed by atoms with E-state index in [1.807, 2.05) is 0 Å². The van der Waals surface area contributed by atoms with Crippen LogP contribution in [0.5, 0.6) is 0 Å². The highest BCUT2D eigenvalue weighted by molar-refractivity contribution is 7.80. The summed E-state index contributed by atoms with van der Waals surface area (Å²) in [6, 6.07) is -1.22. The van der Waals surface area contributed by atoms with Crippen molar-refractivity contribution in [1.29, 1.82) is 0 Å². The molecule has 36 heavy (non-hydrogen) atoms. The van der Waals surface area contributed by atoms with Crippen LogP contribution in [0.15, 0.2) is 0 Å². The molecule has 1 heterocycles. The zero-order chi connectivity index (χ0) is 26.9. The van der Waals surface area contributed by atoms with Gasteiger partial charge in [0.15, 0.2) is 11.4 Å². The lowest BCUT2D eigenvalue weighted by Crippen LogP contribution is -2.62. The van der Waals surface area contributed by atoms with Crippen molar-refractivity contribution in [3.63, 3.8) is 0 Å². The van der Waals surface area contributed by atoms with Crippen LogP contribution in [0.2, 0.25) is 0 Å². The molecule has 14 nitrogen and oxygen atoms in total. The molecule has 2 fully saturated rings. The van der Waals surface area contributed by atoms with Gasteiger partial charge >= 0.3 is 7.82 Å². The van der Waals surface area contributed by atoms with Gasteiger partial charge < -0.3 is 55.5 Å². The van der Waals surface area contributed by atoms with Crippen LogP contribution in [0.25, 0.3) is 0 Å². The van der Waals surface area contributed by atoms with Crippen LogP contribution in [0, 0.1) is 5.92 Å². The molecule has 1 saturated carbocycles. The first-order valence-corrected chi connectivity index (χ1v) is 13.6.